The Morgan fingerprint density at radius 3 is 2.81 bits per heavy atom. The number of hydrogen-bond donors (Lipinski definition) is 1. The van der Waals surface area contributed by atoms with E-state index in [0.717, 1.165) is 11.3 Å². The van der Waals surface area contributed by atoms with Crippen molar-refractivity contribution in [3.05, 3.63) is 17.0 Å². The normalized spacial score (nSPS) is 13.4. The summed E-state index contributed by atoms with van der Waals surface area (Å²) in [5.74, 6) is -0.521. The number of carbonyl (C=O) groups excluding carboxylic acids is 1. The number of esters is 1. The molecule has 0 bridgehead atoms. The molecule has 1 rings (SSSR count). The van der Waals surface area contributed by atoms with Crippen LogP contribution in [-0.4, -0.2) is 20.0 Å². The van der Waals surface area contributed by atoms with Crippen molar-refractivity contribution in [3.63, 3.8) is 0 Å². The molecule has 8 heteroatoms. The van der Waals surface area contributed by atoms with E-state index < -0.39 is 21.6 Å². The second-order valence-corrected chi connectivity index (χ2v) is 6.16. The first-order chi connectivity index (χ1) is 7.30. The van der Waals surface area contributed by atoms with Crippen molar-refractivity contribution in [1.29, 1.82) is 0 Å². The molecule has 1 heterocycles. The number of alkyl halides is 1. The van der Waals surface area contributed by atoms with E-state index in [1.54, 1.807) is 11.4 Å². The van der Waals surface area contributed by atoms with Crippen molar-refractivity contribution in [2.24, 2.45) is 5.14 Å². The molecule has 90 valence electrons. The quantitative estimate of drug-likeness (QED) is 0.661. The number of rotatable bonds is 4. The maximum absolute atomic E-state index is 11.2. The molecule has 1 atom stereocenters. The van der Waals surface area contributed by atoms with Gasteiger partial charge in [0, 0.05) is 13.3 Å². The van der Waals surface area contributed by atoms with Crippen LogP contribution in [0.5, 0.6) is 0 Å². The van der Waals surface area contributed by atoms with E-state index in [0.29, 0.717) is 5.56 Å². The molecule has 1 unspecified atom stereocenters. The Morgan fingerprint density at radius 1 is 1.69 bits per heavy atom. The van der Waals surface area contributed by atoms with E-state index >= 15 is 0 Å². The molecule has 0 aliphatic rings. The summed E-state index contributed by atoms with van der Waals surface area (Å²) in [6.07, 6.45) is 0.108. The van der Waals surface area contributed by atoms with E-state index in [9.17, 15) is 13.2 Å². The molecule has 0 radical (unpaired) electrons. The Labute approximate surface area is 102 Å². The van der Waals surface area contributed by atoms with Gasteiger partial charge in [0.15, 0.2) is 5.56 Å². The van der Waals surface area contributed by atoms with Crippen LogP contribution in [-0.2, 0) is 26.0 Å². The number of carbonyl (C=O) groups is 1. The lowest BCUT2D eigenvalue weighted by molar-refractivity contribution is -0.142. The highest BCUT2D eigenvalue weighted by Gasteiger charge is 2.19. The summed E-state index contributed by atoms with van der Waals surface area (Å²) < 4.78 is 27.0. The van der Waals surface area contributed by atoms with Gasteiger partial charge >= 0.3 is 5.97 Å². The summed E-state index contributed by atoms with van der Waals surface area (Å²) in [6.45, 7) is 1.23. The SMILES string of the molecule is CC(=O)OC(Cl)Cc1ccsc1S(N)(=O)=O. The monoisotopic (exact) mass is 283 g/mol. The smallest absolute Gasteiger partial charge is 0.304 e. The molecule has 2 N–H and O–H groups in total. The van der Waals surface area contributed by atoms with E-state index in [1.807, 2.05) is 0 Å². The van der Waals surface area contributed by atoms with Crippen LogP contribution in [0.2, 0.25) is 0 Å². The van der Waals surface area contributed by atoms with E-state index in [4.69, 9.17) is 16.7 Å². The maximum atomic E-state index is 11.2. The van der Waals surface area contributed by atoms with Crippen LogP contribution in [0, 0.1) is 0 Å². The number of ether oxygens (including phenoxy) is 1. The van der Waals surface area contributed by atoms with Gasteiger partial charge in [0.05, 0.1) is 0 Å². The third-order valence-corrected chi connectivity index (χ3v) is 4.40. The van der Waals surface area contributed by atoms with Gasteiger partial charge in [0.1, 0.15) is 4.21 Å². The lowest BCUT2D eigenvalue weighted by Gasteiger charge is -2.09. The highest BCUT2D eigenvalue weighted by Crippen LogP contribution is 2.24. The standard InChI is InChI=1S/C8H10ClNO4S2/c1-5(11)14-7(9)4-6-2-3-15-8(6)16(10,12)13/h2-3,7H,4H2,1H3,(H2,10,12,13). The Morgan fingerprint density at radius 2 is 2.31 bits per heavy atom. The van der Waals surface area contributed by atoms with Gasteiger partial charge < -0.3 is 4.74 Å². The van der Waals surface area contributed by atoms with Gasteiger partial charge in [-0.25, -0.2) is 13.6 Å². The van der Waals surface area contributed by atoms with Crippen LogP contribution in [0.25, 0.3) is 0 Å². The molecule has 0 fully saturated rings. The number of hydrogen-bond acceptors (Lipinski definition) is 5. The first-order valence-corrected chi connectivity index (χ1v) is 7.07. The third kappa shape index (κ3) is 3.75. The molecule has 0 aromatic carbocycles. The fourth-order valence-corrected chi connectivity index (χ4v) is 3.29. The third-order valence-electron chi connectivity index (χ3n) is 1.64. The summed E-state index contributed by atoms with van der Waals surface area (Å²) >= 11 is 6.72. The predicted octanol–water partition coefficient (Wildman–Crippen LogP) is 1.07. The first-order valence-electron chi connectivity index (χ1n) is 4.21. The van der Waals surface area contributed by atoms with Gasteiger partial charge in [0.2, 0.25) is 10.0 Å². The number of primary sulfonamides is 1. The molecule has 0 spiro atoms. The topological polar surface area (TPSA) is 86.5 Å². The molecule has 0 aliphatic carbocycles. The highest BCUT2D eigenvalue weighted by molar-refractivity contribution is 7.91. The molecule has 0 saturated heterocycles. The molecule has 1 aromatic heterocycles. The summed E-state index contributed by atoms with van der Waals surface area (Å²) in [6, 6.07) is 1.59. The van der Waals surface area contributed by atoms with Crippen LogP contribution in [0.1, 0.15) is 12.5 Å². The van der Waals surface area contributed by atoms with Gasteiger partial charge in [-0.1, -0.05) is 11.6 Å². The molecule has 0 aliphatic heterocycles. The van der Waals surface area contributed by atoms with E-state index in [-0.39, 0.29) is 10.6 Å². The molecule has 16 heavy (non-hydrogen) atoms. The minimum Gasteiger partial charge on any atom is -0.446 e. The number of sulfonamides is 1. The maximum Gasteiger partial charge on any atom is 0.304 e. The Balaban J connectivity index is 2.83. The van der Waals surface area contributed by atoms with Crippen molar-refractivity contribution in [1.82, 2.24) is 0 Å². The molecule has 0 amide bonds. The summed E-state index contributed by atoms with van der Waals surface area (Å²) in [4.78, 5) is 10.6. The van der Waals surface area contributed by atoms with Crippen LogP contribution < -0.4 is 5.14 Å². The number of nitrogens with two attached hydrogens (primary N) is 1. The molecule has 1 aromatic rings. The second kappa shape index (κ2) is 5.13. The zero-order valence-corrected chi connectivity index (χ0v) is 10.7. The Bertz CT molecular complexity index is 482. The molecular weight excluding hydrogens is 274 g/mol. The van der Waals surface area contributed by atoms with E-state index in [2.05, 4.69) is 4.74 Å². The Hall–Kier alpha value is -0.630. The number of thiophene rings is 1. The predicted molar refractivity (Wildman–Crippen MR) is 60.8 cm³/mol. The van der Waals surface area contributed by atoms with Gasteiger partial charge in [-0.3, -0.25) is 4.79 Å². The van der Waals surface area contributed by atoms with Crippen molar-refractivity contribution < 1.29 is 17.9 Å². The summed E-state index contributed by atoms with van der Waals surface area (Å²) in [5, 5.41) is 6.60. The zero-order valence-electron chi connectivity index (χ0n) is 8.34. The van der Waals surface area contributed by atoms with Gasteiger partial charge in [-0.2, -0.15) is 0 Å². The van der Waals surface area contributed by atoms with Crippen LogP contribution in [0.3, 0.4) is 0 Å². The zero-order chi connectivity index (χ0) is 12.3. The Kier molecular flexibility index (Phi) is 4.31. The van der Waals surface area contributed by atoms with Crippen molar-refractivity contribution >= 4 is 38.9 Å². The summed E-state index contributed by atoms with van der Waals surface area (Å²) in [7, 11) is -3.74. The van der Waals surface area contributed by atoms with Gasteiger partial charge in [-0.05, 0) is 17.0 Å². The average Bonchev–Trinajstić information content (AvgIpc) is 2.48. The van der Waals surface area contributed by atoms with Crippen molar-refractivity contribution in [2.75, 3.05) is 0 Å². The van der Waals surface area contributed by atoms with E-state index in [1.165, 1.54) is 6.92 Å². The van der Waals surface area contributed by atoms with Crippen molar-refractivity contribution in [2.45, 2.75) is 23.1 Å². The lowest BCUT2D eigenvalue weighted by Crippen LogP contribution is -2.16. The fraction of sp³-hybridized carbons (Fsp3) is 0.375. The van der Waals surface area contributed by atoms with Gasteiger partial charge in [-0.15, -0.1) is 11.3 Å². The van der Waals surface area contributed by atoms with Crippen molar-refractivity contribution in [3.8, 4) is 0 Å². The number of halogens is 1. The highest BCUT2D eigenvalue weighted by atomic mass is 35.5. The average molecular weight is 284 g/mol. The van der Waals surface area contributed by atoms with Crippen LogP contribution in [0.4, 0.5) is 0 Å². The lowest BCUT2D eigenvalue weighted by atomic mass is 10.2. The molecule has 5 nitrogen and oxygen atoms in total. The minimum absolute atomic E-state index is 0.0466. The van der Waals surface area contributed by atoms with Gasteiger partial charge in [0.25, 0.3) is 0 Å². The van der Waals surface area contributed by atoms with Crippen LogP contribution >= 0.6 is 22.9 Å². The first kappa shape index (κ1) is 13.4. The fourth-order valence-electron chi connectivity index (χ4n) is 1.12. The minimum atomic E-state index is -3.74. The van der Waals surface area contributed by atoms with Crippen LogP contribution in [0.15, 0.2) is 15.7 Å². The molecule has 0 saturated carbocycles. The second-order valence-electron chi connectivity index (χ2n) is 3.00. The molecular formula is C8H10ClNO4S2. The summed E-state index contributed by atoms with van der Waals surface area (Å²) in [5.41, 5.74) is -0.443. The largest absolute Gasteiger partial charge is 0.446 e.